The number of nitrogens with zero attached hydrogens (tertiary/aromatic N) is 1. The highest BCUT2D eigenvalue weighted by Crippen LogP contribution is 2.38. The van der Waals surface area contributed by atoms with Crippen LogP contribution >= 0.6 is 7.82 Å². The van der Waals surface area contributed by atoms with Crippen LogP contribution in [0.1, 0.15) is 155 Å². The Labute approximate surface area is 426 Å². The molecular formula is C60H94NO8P. The minimum Gasteiger partial charge on any atom is -0.756 e. The van der Waals surface area contributed by atoms with E-state index in [0.29, 0.717) is 30.3 Å². The molecular weight excluding hydrogens is 894 g/mol. The van der Waals surface area contributed by atoms with Crippen molar-refractivity contribution in [3.05, 3.63) is 158 Å². The molecule has 2 atom stereocenters. The number of likely N-dealkylation sites (N-methyl/N-ethyl adjacent to an activating group) is 1. The van der Waals surface area contributed by atoms with Gasteiger partial charge in [0.2, 0.25) is 0 Å². The van der Waals surface area contributed by atoms with E-state index in [0.717, 1.165) is 109 Å². The molecule has 392 valence electrons. The monoisotopic (exact) mass is 988 g/mol. The third kappa shape index (κ3) is 53.0. The molecule has 0 aliphatic rings. The summed E-state index contributed by atoms with van der Waals surface area (Å²) < 4.78 is 34.0. The smallest absolute Gasteiger partial charge is 0.306 e. The first-order valence-electron chi connectivity index (χ1n) is 26.2. The molecule has 0 radical (unpaired) electrons. The number of hydrogen-bond donors (Lipinski definition) is 0. The van der Waals surface area contributed by atoms with E-state index in [2.05, 4.69) is 166 Å². The highest BCUT2D eigenvalue weighted by Gasteiger charge is 2.21. The summed E-state index contributed by atoms with van der Waals surface area (Å²) in [7, 11) is 1.08. The molecule has 0 spiro atoms. The van der Waals surface area contributed by atoms with Crippen LogP contribution in [0.3, 0.4) is 0 Å². The number of ether oxygens (including phenoxy) is 2. The van der Waals surface area contributed by atoms with Crippen LogP contribution in [-0.2, 0) is 32.7 Å². The van der Waals surface area contributed by atoms with E-state index in [-0.39, 0.29) is 26.1 Å². The molecule has 0 aromatic carbocycles. The Bertz CT molecular complexity index is 1730. The fourth-order valence-electron chi connectivity index (χ4n) is 6.06. The van der Waals surface area contributed by atoms with Gasteiger partial charge in [-0.05, 0) is 116 Å². The van der Waals surface area contributed by atoms with Gasteiger partial charge < -0.3 is 27.9 Å². The van der Waals surface area contributed by atoms with Crippen molar-refractivity contribution in [2.45, 2.75) is 161 Å². The van der Waals surface area contributed by atoms with Crippen molar-refractivity contribution in [3.63, 3.8) is 0 Å². The van der Waals surface area contributed by atoms with Crippen LogP contribution in [0.4, 0.5) is 0 Å². The van der Waals surface area contributed by atoms with Gasteiger partial charge in [-0.1, -0.05) is 185 Å². The predicted molar refractivity (Wildman–Crippen MR) is 295 cm³/mol. The molecule has 0 bridgehead atoms. The standard InChI is InChI=1S/C60H94NO8P/c1-6-8-10-12-14-16-18-20-22-24-26-28-30-32-34-36-38-40-42-44-46-48-50-52-59(62)66-56-58(57-68-70(64,65)67-55-54-61(3,4)5)69-60(63)53-51-49-47-45-43-41-39-37-35-33-31-29-27-25-23-21-19-17-15-13-11-9-7-2/h8-11,14-17,20-23,26-29,32-35,38-41,45,47,58H,6-7,12-13,18-19,24-25,30-31,36-37,42-44,46,48-57H2,1-5H3/b10-8-,11-9-,16-14-,17-15-,22-20-,23-21-,28-26-,29-27-,34-32-,35-33-,40-38-,41-39-,47-45-. The van der Waals surface area contributed by atoms with Gasteiger partial charge in [0.1, 0.15) is 19.8 Å². The van der Waals surface area contributed by atoms with Gasteiger partial charge in [0.25, 0.3) is 7.82 Å². The van der Waals surface area contributed by atoms with Crippen molar-refractivity contribution >= 4 is 19.8 Å². The minimum atomic E-state index is -4.67. The zero-order valence-electron chi connectivity index (χ0n) is 44.1. The summed E-state index contributed by atoms with van der Waals surface area (Å²) >= 11 is 0. The Morgan fingerprint density at radius 2 is 0.786 bits per heavy atom. The van der Waals surface area contributed by atoms with Gasteiger partial charge in [0, 0.05) is 12.8 Å². The summed E-state index contributed by atoms with van der Waals surface area (Å²) in [5.41, 5.74) is 0. The Morgan fingerprint density at radius 1 is 0.443 bits per heavy atom. The zero-order chi connectivity index (χ0) is 51.3. The number of phosphoric ester groups is 1. The van der Waals surface area contributed by atoms with Gasteiger partial charge in [0.15, 0.2) is 6.10 Å². The Morgan fingerprint density at radius 3 is 1.17 bits per heavy atom. The molecule has 2 unspecified atom stereocenters. The molecule has 0 aliphatic heterocycles. The predicted octanol–water partition coefficient (Wildman–Crippen LogP) is 15.5. The topological polar surface area (TPSA) is 111 Å². The van der Waals surface area contributed by atoms with E-state index in [1.165, 1.54) is 0 Å². The molecule has 0 N–H and O–H groups in total. The average molecular weight is 988 g/mol. The summed E-state index contributed by atoms with van der Waals surface area (Å²) in [6.45, 7) is 3.87. The maximum atomic E-state index is 12.7. The number of hydrogen-bond acceptors (Lipinski definition) is 8. The molecule has 9 nitrogen and oxygen atoms in total. The fourth-order valence-corrected chi connectivity index (χ4v) is 6.79. The van der Waals surface area contributed by atoms with Crippen LogP contribution in [0, 0.1) is 0 Å². The molecule has 0 aliphatic carbocycles. The normalized spacial score (nSPS) is 14.7. The number of carbonyl (C=O) groups excluding carboxylic acids is 2. The van der Waals surface area contributed by atoms with Crippen LogP contribution in [-0.4, -0.2) is 70.0 Å². The van der Waals surface area contributed by atoms with Gasteiger partial charge in [-0.25, -0.2) is 0 Å². The molecule has 0 aromatic rings. The summed E-state index contributed by atoms with van der Waals surface area (Å²) in [6.07, 6.45) is 74.3. The van der Waals surface area contributed by atoms with Gasteiger partial charge in [-0.3, -0.25) is 14.2 Å². The lowest BCUT2D eigenvalue weighted by Crippen LogP contribution is -2.37. The largest absolute Gasteiger partial charge is 0.756 e. The summed E-state index contributed by atoms with van der Waals surface area (Å²) in [5.74, 6) is -0.951. The maximum absolute atomic E-state index is 12.7. The van der Waals surface area contributed by atoms with Crippen LogP contribution in [0.5, 0.6) is 0 Å². The molecule has 0 rings (SSSR count). The van der Waals surface area contributed by atoms with Crippen molar-refractivity contribution in [1.82, 2.24) is 0 Å². The molecule has 10 heteroatoms. The molecule has 0 amide bonds. The number of quaternary nitrogens is 1. The zero-order valence-corrected chi connectivity index (χ0v) is 45.0. The fraction of sp³-hybridized carbons (Fsp3) is 0.533. The first kappa shape index (κ1) is 65.6. The van der Waals surface area contributed by atoms with Gasteiger partial charge in [-0.15, -0.1) is 0 Å². The first-order valence-corrected chi connectivity index (χ1v) is 27.7. The number of rotatable bonds is 45. The lowest BCUT2D eigenvalue weighted by molar-refractivity contribution is -0.870. The Hall–Kier alpha value is -4.37. The number of unbranched alkanes of at least 4 members (excludes halogenated alkanes) is 5. The van der Waals surface area contributed by atoms with Gasteiger partial charge in [-0.2, -0.15) is 0 Å². The van der Waals surface area contributed by atoms with E-state index in [9.17, 15) is 19.0 Å². The molecule has 0 heterocycles. The van der Waals surface area contributed by atoms with Crippen LogP contribution < -0.4 is 4.89 Å². The number of esters is 2. The van der Waals surface area contributed by atoms with E-state index < -0.39 is 32.5 Å². The van der Waals surface area contributed by atoms with Gasteiger partial charge >= 0.3 is 11.9 Å². The van der Waals surface area contributed by atoms with Crippen molar-refractivity contribution in [3.8, 4) is 0 Å². The third-order valence-electron chi connectivity index (χ3n) is 10.0. The van der Waals surface area contributed by atoms with Crippen molar-refractivity contribution in [1.29, 1.82) is 0 Å². The minimum absolute atomic E-state index is 0.0568. The maximum Gasteiger partial charge on any atom is 0.306 e. The first-order chi connectivity index (χ1) is 34.0. The van der Waals surface area contributed by atoms with Crippen LogP contribution in [0.25, 0.3) is 0 Å². The van der Waals surface area contributed by atoms with E-state index >= 15 is 0 Å². The van der Waals surface area contributed by atoms with E-state index in [1.54, 1.807) is 0 Å². The van der Waals surface area contributed by atoms with Crippen molar-refractivity contribution in [2.75, 3.05) is 47.5 Å². The highest BCUT2D eigenvalue weighted by molar-refractivity contribution is 7.45. The van der Waals surface area contributed by atoms with Crippen molar-refractivity contribution < 1.29 is 42.1 Å². The van der Waals surface area contributed by atoms with Crippen molar-refractivity contribution in [2.24, 2.45) is 0 Å². The SMILES string of the molecule is CC/C=C\C/C=C\C/C=C\C/C=C\C/C=C\C/C=C\C/C=C\CCCC(=O)OC(COC(=O)CCCCCC/C=C\C/C=C\C/C=C\C/C=C\C/C=C\C/C=C\CC)COP(=O)([O-])OCC[N+](C)(C)C. The highest BCUT2D eigenvalue weighted by atomic mass is 31.2. The lowest BCUT2D eigenvalue weighted by Gasteiger charge is -2.28. The molecule has 70 heavy (non-hydrogen) atoms. The lowest BCUT2D eigenvalue weighted by atomic mass is 10.1. The summed E-state index contributed by atoms with van der Waals surface area (Å²) in [6, 6.07) is 0. The van der Waals surface area contributed by atoms with Crippen LogP contribution in [0.15, 0.2) is 158 Å². The Kier molecular flexibility index (Phi) is 46.5. The molecule has 0 saturated carbocycles. The van der Waals surface area contributed by atoms with E-state index in [4.69, 9.17) is 18.5 Å². The average Bonchev–Trinajstić information content (AvgIpc) is 3.32. The molecule has 0 fully saturated rings. The summed E-state index contributed by atoms with van der Waals surface area (Å²) in [4.78, 5) is 37.8. The number of phosphoric acid groups is 1. The second-order valence-electron chi connectivity index (χ2n) is 17.8. The molecule has 0 aromatic heterocycles. The second kappa shape index (κ2) is 49.6. The van der Waals surface area contributed by atoms with Gasteiger partial charge in [0.05, 0.1) is 27.7 Å². The molecule has 0 saturated heterocycles. The number of allylic oxidation sites excluding steroid dienone is 26. The van der Waals surface area contributed by atoms with Crippen LogP contribution in [0.2, 0.25) is 0 Å². The second-order valence-corrected chi connectivity index (χ2v) is 19.2. The van der Waals surface area contributed by atoms with E-state index in [1.807, 2.05) is 27.2 Å². The Balaban J connectivity index is 4.46. The quantitative estimate of drug-likeness (QED) is 0.0195. The third-order valence-corrected chi connectivity index (χ3v) is 11.0. The number of carbonyl (C=O) groups is 2. The summed E-state index contributed by atoms with van der Waals surface area (Å²) in [5, 5.41) is 0.